The van der Waals surface area contributed by atoms with Crippen LogP contribution in [0.5, 0.6) is 0 Å². The van der Waals surface area contributed by atoms with Crippen molar-refractivity contribution in [1.29, 1.82) is 0 Å². The first-order valence-electron chi connectivity index (χ1n) is 13.0. The van der Waals surface area contributed by atoms with E-state index >= 15 is 0 Å². The summed E-state index contributed by atoms with van der Waals surface area (Å²) in [4.78, 5) is 31.8. The van der Waals surface area contributed by atoms with Gasteiger partial charge < -0.3 is 15.6 Å². The third kappa shape index (κ3) is 4.31. The van der Waals surface area contributed by atoms with Crippen LogP contribution in [0.4, 0.5) is 5.69 Å². The lowest BCUT2D eigenvalue weighted by molar-refractivity contribution is 0.1000. The highest BCUT2D eigenvalue weighted by Gasteiger charge is 2.23. The molecule has 3 aromatic heterocycles. The van der Waals surface area contributed by atoms with Crippen LogP contribution in [0.25, 0.3) is 16.7 Å². The van der Waals surface area contributed by atoms with Crippen LogP contribution in [0.2, 0.25) is 0 Å². The van der Waals surface area contributed by atoms with Crippen LogP contribution in [0.1, 0.15) is 52.4 Å². The highest BCUT2D eigenvalue weighted by molar-refractivity contribution is 5.92. The standard InChI is InChI=1S/C29H32N6O2/c1-33-22(18-34-14-9-20(10-15-34)19-4-6-21(7-5-19)27(30)36)17-24-26(8-13-32-28(24)33)35-16-11-25-23(29(35)37)3-2-12-31-25/h4-8,11,13,16-17,20,31H,2-3,9-10,12,14-15,18H2,1H3,(H2,30,36). The Kier molecular flexibility index (Phi) is 6.04. The minimum atomic E-state index is -0.387. The number of aryl methyl sites for hydroxylation is 1. The third-order valence-corrected chi connectivity index (χ3v) is 8.02. The predicted molar refractivity (Wildman–Crippen MR) is 145 cm³/mol. The van der Waals surface area contributed by atoms with Crippen molar-refractivity contribution in [2.45, 2.75) is 38.1 Å². The normalized spacial score (nSPS) is 16.5. The van der Waals surface area contributed by atoms with E-state index < -0.39 is 0 Å². The molecular weight excluding hydrogens is 464 g/mol. The van der Waals surface area contributed by atoms with Gasteiger partial charge in [-0.3, -0.25) is 19.1 Å². The topological polar surface area (TPSA) is 98.2 Å². The molecule has 5 heterocycles. The first-order chi connectivity index (χ1) is 18.0. The van der Waals surface area contributed by atoms with Crippen LogP contribution in [0.15, 0.2) is 59.7 Å². The lowest BCUT2D eigenvalue weighted by atomic mass is 9.89. The summed E-state index contributed by atoms with van der Waals surface area (Å²) in [5.41, 5.74) is 12.0. The molecule has 190 valence electrons. The van der Waals surface area contributed by atoms with Gasteiger partial charge >= 0.3 is 0 Å². The molecule has 0 aliphatic carbocycles. The Balaban J connectivity index is 1.22. The SMILES string of the molecule is Cn1c(CN2CCC(c3ccc(C(N)=O)cc3)CC2)cc2c(-n3ccc4c(c3=O)CCCN4)ccnc21. The lowest BCUT2D eigenvalue weighted by Gasteiger charge is -2.32. The Morgan fingerprint density at radius 1 is 1.14 bits per heavy atom. The average molecular weight is 497 g/mol. The number of primary amides is 1. The number of hydrogen-bond donors (Lipinski definition) is 2. The first kappa shape index (κ1) is 23.5. The van der Waals surface area contributed by atoms with Crippen LogP contribution < -0.4 is 16.6 Å². The van der Waals surface area contributed by atoms with Gasteiger partial charge in [0, 0.05) is 60.4 Å². The summed E-state index contributed by atoms with van der Waals surface area (Å²) in [7, 11) is 2.06. The number of anilines is 1. The number of carbonyl (C=O) groups is 1. The number of piperidine rings is 1. The minimum Gasteiger partial charge on any atom is -0.385 e. The van der Waals surface area contributed by atoms with Crippen LogP contribution >= 0.6 is 0 Å². The van der Waals surface area contributed by atoms with Gasteiger partial charge in [-0.25, -0.2) is 4.98 Å². The van der Waals surface area contributed by atoms with E-state index in [1.54, 1.807) is 10.8 Å². The molecule has 1 amide bonds. The molecule has 0 unspecified atom stereocenters. The number of aromatic nitrogens is 3. The number of pyridine rings is 2. The molecule has 37 heavy (non-hydrogen) atoms. The van der Waals surface area contributed by atoms with E-state index in [4.69, 9.17) is 5.73 Å². The number of rotatable bonds is 5. The number of nitrogens with zero attached hydrogens (tertiary/aromatic N) is 4. The van der Waals surface area contributed by atoms with Crippen molar-refractivity contribution in [1.82, 2.24) is 19.0 Å². The summed E-state index contributed by atoms with van der Waals surface area (Å²) in [6.07, 6.45) is 7.59. The smallest absolute Gasteiger partial charge is 0.260 e. The van der Waals surface area contributed by atoms with Crippen molar-refractivity contribution >= 4 is 22.6 Å². The van der Waals surface area contributed by atoms with Crippen LogP contribution in [-0.2, 0) is 20.0 Å². The Labute approximate surface area is 215 Å². The Morgan fingerprint density at radius 2 is 1.92 bits per heavy atom. The molecule has 0 bridgehead atoms. The number of nitrogens with two attached hydrogens (primary N) is 1. The minimum absolute atomic E-state index is 0.0496. The van der Waals surface area contributed by atoms with Crippen molar-refractivity contribution in [3.63, 3.8) is 0 Å². The monoisotopic (exact) mass is 496 g/mol. The van der Waals surface area contributed by atoms with Crippen molar-refractivity contribution < 1.29 is 4.79 Å². The maximum atomic E-state index is 13.3. The van der Waals surface area contributed by atoms with Crippen molar-refractivity contribution in [3.05, 3.63) is 87.6 Å². The Hall–Kier alpha value is -3.91. The fourth-order valence-corrected chi connectivity index (χ4v) is 5.86. The van der Waals surface area contributed by atoms with E-state index in [1.165, 1.54) is 11.3 Å². The number of nitrogens with one attached hydrogen (secondary N) is 1. The second-order valence-corrected chi connectivity index (χ2v) is 10.2. The molecule has 1 saturated heterocycles. The number of carbonyl (C=O) groups excluding carboxylic acids is 1. The number of hydrogen-bond acceptors (Lipinski definition) is 5. The lowest BCUT2D eigenvalue weighted by Crippen LogP contribution is -2.33. The van der Waals surface area contributed by atoms with Crippen molar-refractivity contribution in [2.24, 2.45) is 12.8 Å². The summed E-state index contributed by atoms with van der Waals surface area (Å²) in [5, 5.41) is 4.34. The maximum Gasteiger partial charge on any atom is 0.260 e. The predicted octanol–water partition coefficient (Wildman–Crippen LogP) is 3.56. The maximum absolute atomic E-state index is 13.3. The quantitative estimate of drug-likeness (QED) is 0.440. The highest BCUT2D eigenvalue weighted by atomic mass is 16.1. The summed E-state index contributed by atoms with van der Waals surface area (Å²) < 4.78 is 3.92. The van der Waals surface area contributed by atoms with Crippen molar-refractivity contribution in [2.75, 3.05) is 25.0 Å². The molecule has 4 aromatic rings. The van der Waals surface area contributed by atoms with Gasteiger partial charge in [0.05, 0.1) is 5.69 Å². The van der Waals surface area contributed by atoms with Crippen LogP contribution in [-0.4, -0.2) is 44.6 Å². The molecule has 6 rings (SSSR count). The first-order valence-corrected chi connectivity index (χ1v) is 13.0. The summed E-state index contributed by atoms with van der Waals surface area (Å²) in [6, 6.07) is 13.9. The molecule has 0 atom stereocenters. The molecule has 1 fully saturated rings. The number of fused-ring (bicyclic) bond motifs is 2. The van der Waals surface area contributed by atoms with Gasteiger partial charge in [-0.05, 0) is 80.6 Å². The Morgan fingerprint density at radius 3 is 2.68 bits per heavy atom. The molecule has 0 spiro atoms. The zero-order chi connectivity index (χ0) is 25.5. The van der Waals surface area contributed by atoms with Gasteiger partial charge in [-0.1, -0.05) is 12.1 Å². The fourth-order valence-electron chi connectivity index (χ4n) is 5.86. The summed E-state index contributed by atoms with van der Waals surface area (Å²) in [5.74, 6) is 0.104. The Bertz CT molecular complexity index is 1530. The van der Waals surface area contributed by atoms with Gasteiger partial charge in [-0.2, -0.15) is 0 Å². The molecule has 2 aliphatic heterocycles. The van der Waals surface area contributed by atoms with E-state index in [-0.39, 0.29) is 11.5 Å². The molecule has 0 radical (unpaired) electrons. The second kappa shape index (κ2) is 9.52. The van der Waals surface area contributed by atoms with Crippen molar-refractivity contribution in [3.8, 4) is 5.69 Å². The van der Waals surface area contributed by atoms with E-state index in [1.807, 2.05) is 42.6 Å². The number of likely N-dealkylation sites (tertiary alicyclic amines) is 1. The average Bonchev–Trinajstić information content (AvgIpc) is 3.25. The summed E-state index contributed by atoms with van der Waals surface area (Å²) in [6.45, 7) is 3.75. The largest absolute Gasteiger partial charge is 0.385 e. The second-order valence-electron chi connectivity index (χ2n) is 10.2. The molecule has 8 heteroatoms. The molecule has 2 aliphatic rings. The molecule has 0 saturated carbocycles. The van der Waals surface area contributed by atoms with E-state index in [0.29, 0.717) is 11.5 Å². The van der Waals surface area contributed by atoms with E-state index in [9.17, 15) is 9.59 Å². The zero-order valence-electron chi connectivity index (χ0n) is 21.1. The van der Waals surface area contributed by atoms with Gasteiger partial charge in [0.15, 0.2) is 0 Å². The van der Waals surface area contributed by atoms with Gasteiger partial charge in [0.25, 0.3) is 5.56 Å². The van der Waals surface area contributed by atoms with E-state index in [2.05, 4.69) is 32.9 Å². The van der Waals surface area contributed by atoms with Gasteiger partial charge in [0.1, 0.15) is 5.65 Å². The molecular formula is C29H32N6O2. The molecule has 3 N–H and O–H groups in total. The number of benzene rings is 1. The molecule has 8 nitrogen and oxygen atoms in total. The van der Waals surface area contributed by atoms with Crippen LogP contribution in [0.3, 0.4) is 0 Å². The zero-order valence-corrected chi connectivity index (χ0v) is 21.1. The van der Waals surface area contributed by atoms with Gasteiger partial charge in [0.2, 0.25) is 5.91 Å². The van der Waals surface area contributed by atoms with E-state index in [0.717, 1.165) is 79.8 Å². The summed E-state index contributed by atoms with van der Waals surface area (Å²) >= 11 is 0. The highest BCUT2D eigenvalue weighted by Crippen LogP contribution is 2.30. The fraction of sp³-hybridized carbons (Fsp3) is 0.345. The third-order valence-electron chi connectivity index (χ3n) is 8.02. The number of amides is 1. The molecule has 1 aromatic carbocycles. The van der Waals surface area contributed by atoms with Crippen LogP contribution in [0, 0.1) is 0 Å². The van der Waals surface area contributed by atoms with Gasteiger partial charge in [-0.15, -0.1) is 0 Å².